The van der Waals surface area contributed by atoms with Gasteiger partial charge in [-0.15, -0.1) is 0 Å². The van der Waals surface area contributed by atoms with Crippen molar-refractivity contribution < 1.29 is 24.2 Å². The molecule has 6 nitrogen and oxygen atoms in total. The zero-order valence-corrected chi connectivity index (χ0v) is 21.5. The predicted molar refractivity (Wildman–Crippen MR) is 154 cm³/mol. The van der Waals surface area contributed by atoms with Gasteiger partial charge in [-0.25, -0.2) is 9.59 Å². The Hall–Kier alpha value is -5.23. The Morgan fingerprint density at radius 3 is 1.93 bits per heavy atom. The summed E-state index contributed by atoms with van der Waals surface area (Å²) < 4.78 is 4.90. The Kier molecular flexibility index (Phi) is 6.58. The highest BCUT2D eigenvalue weighted by molar-refractivity contribution is 6.22. The maximum Gasteiger partial charge on any atom is 0.346 e. The Morgan fingerprint density at radius 2 is 1.25 bits per heavy atom. The Bertz CT molecular complexity index is 1720. The molecule has 40 heavy (non-hydrogen) atoms. The van der Waals surface area contributed by atoms with Crippen LogP contribution in [0.5, 0.6) is 0 Å². The van der Waals surface area contributed by atoms with Crippen LogP contribution in [0.3, 0.4) is 0 Å². The van der Waals surface area contributed by atoms with Crippen molar-refractivity contribution in [3.63, 3.8) is 0 Å². The second-order valence-corrected chi connectivity index (χ2v) is 9.70. The average molecular weight is 528 g/mol. The van der Waals surface area contributed by atoms with Gasteiger partial charge < -0.3 is 14.7 Å². The SMILES string of the molecule is O=C(O)CCCc1ccc(N(c2ccccc2)c2ccc(-c3ccc4c5c(cccc35)C(=O)OC4=O)cc2)cc1. The molecule has 0 unspecified atom stereocenters. The Labute approximate surface area is 231 Å². The minimum atomic E-state index is -0.779. The minimum Gasteiger partial charge on any atom is -0.481 e. The fraction of sp³-hybridized carbons (Fsp3) is 0.0882. The average Bonchev–Trinajstić information content (AvgIpc) is 2.97. The van der Waals surface area contributed by atoms with Gasteiger partial charge in [-0.3, -0.25) is 4.79 Å². The molecule has 5 aromatic rings. The van der Waals surface area contributed by atoms with Gasteiger partial charge in [-0.2, -0.15) is 0 Å². The molecule has 1 aliphatic rings. The summed E-state index contributed by atoms with van der Waals surface area (Å²) in [6.07, 6.45) is 1.47. The van der Waals surface area contributed by atoms with Crippen molar-refractivity contribution in [1.82, 2.24) is 0 Å². The molecule has 0 radical (unpaired) electrons. The van der Waals surface area contributed by atoms with Gasteiger partial charge in [0.15, 0.2) is 0 Å². The highest BCUT2D eigenvalue weighted by Gasteiger charge is 2.28. The lowest BCUT2D eigenvalue weighted by Gasteiger charge is -2.26. The molecule has 0 fully saturated rings. The summed E-state index contributed by atoms with van der Waals surface area (Å²) in [5.41, 5.74) is 6.73. The third-order valence-corrected chi connectivity index (χ3v) is 7.17. The lowest BCUT2D eigenvalue weighted by Crippen LogP contribution is -2.19. The van der Waals surface area contributed by atoms with E-state index in [2.05, 4.69) is 41.3 Å². The standard InChI is InChI=1S/C34H25NO5/c36-31(37)11-4-6-22-12-16-25(17-13-22)35(24-7-2-1-3-8-24)26-18-14-23(15-19-26)27-20-21-30-32-28(27)9-5-10-29(32)33(38)40-34(30)39/h1-3,5,7-10,12-21H,4,6,11H2,(H,36,37). The predicted octanol–water partition coefficient (Wildman–Crippen LogP) is 7.69. The topological polar surface area (TPSA) is 83.9 Å². The fourth-order valence-electron chi connectivity index (χ4n) is 5.26. The van der Waals surface area contributed by atoms with Crippen LogP contribution in [-0.4, -0.2) is 23.0 Å². The number of aryl methyl sites for hydroxylation is 1. The number of hydrogen-bond donors (Lipinski definition) is 1. The second-order valence-electron chi connectivity index (χ2n) is 9.70. The van der Waals surface area contributed by atoms with E-state index in [0.717, 1.165) is 39.1 Å². The van der Waals surface area contributed by atoms with Crippen molar-refractivity contribution in [2.24, 2.45) is 0 Å². The van der Waals surface area contributed by atoms with E-state index in [1.807, 2.05) is 54.6 Å². The molecule has 0 saturated heterocycles. The molecule has 0 atom stereocenters. The first kappa shape index (κ1) is 25.1. The number of esters is 2. The van der Waals surface area contributed by atoms with E-state index >= 15 is 0 Å². The number of carboxylic acids is 1. The van der Waals surface area contributed by atoms with E-state index in [9.17, 15) is 14.4 Å². The maximum absolute atomic E-state index is 12.3. The van der Waals surface area contributed by atoms with Crippen LogP contribution < -0.4 is 4.90 Å². The second kappa shape index (κ2) is 10.5. The highest BCUT2D eigenvalue weighted by Crippen LogP contribution is 2.39. The summed E-state index contributed by atoms with van der Waals surface area (Å²) in [5.74, 6) is -2.03. The van der Waals surface area contributed by atoms with Crippen LogP contribution in [0.15, 0.2) is 109 Å². The molecule has 1 N–H and O–H groups in total. The van der Waals surface area contributed by atoms with Crippen molar-refractivity contribution in [3.05, 3.63) is 126 Å². The largest absolute Gasteiger partial charge is 0.481 e. The van der Waals surface area contributed by atoms with Crippen molar-refractivity contribution in [2.45, 2.75) is 19.3 Å². The third-order valence-electron chi connectivity index (χ3n) is 7.17. The zero-order chi connectivity index (χ0) is 27.6. The fourth-order valence-corrected chi connectivity index (χ4v) is 5.26. The van der Waals surface area contributed by atoms with E-state index < -0.39 is 17.9 Å². The van der Waals surface area contributed by atoms with Gasteiger partial charge in [0.2, 0.25) is 0 Å². The third kappa shape index (κ3) is 4.71. The number of carboxylic acid groups (broad SMARTS) is 1. The molecule has 5 aromatic carbocycles. The normalized spacial score (nSPS) is 12.3. The van der Waals surface area contributed by atoms with Gasteiger partial charge in [0.25, 0.3) is 0 Å². The minimum absolute atomic E-state index is 0.157. The first-order valence-electron chi connectivity index (χ1n) is 13.1. The smallest absolute Gasteiger partial charge is 0.346 e. The van der Waals surface area contributed by atoms with E-state index in [0.29, 0.717) is 29.4 Å². The molecule has 6 heteroatoms. The van der Waals surface area contributed by atoms with Crippen LogP contribution in [0.1, 0.15) is 39.1 Å². The molecule has 0 spiro atoms. The number of rotatable bonds is 8. The summed E-state index contributed by atoms with van der Waals surface area (Å²) in [7, 11) is 0. The molecule has 0 amide bonds. The van der Waals surface area contributed by atoms with Crippen molar-refractivity contribution in [3.8, 4) is 11.1 Å². The first-order chi connectivity index (χ1) is 19.5. The van der Waals surface area contributed by atoms with Gasteiger partial charge in [0.05, 0.1) is 11.1 Å². The van der Waals surface area contributed by atoms with Crippen molar-refractivity contribution in [1.29, 1.82) is 0 Å². The van der Waals surface area contributed by atoms with Gasteiger partial charge >= 0.3 is 17.9 Å². The highest BCUT2D eigenvalue weighted by atomic mass is 16.6. The number of cyclic esters (lactones) is 2. The molecule has 1 aliphatic heterocycles. The molecule has 1 heterocycles. The number of carbonyl (C=O) groups is 3. The van der Waals surface area contributed by atoms with Crippen LogP contribution in [0.2, 0.25) is 0 Å². The summed E-state index contributed by atoms with van der Waals surface area (Å²) in [4.78, 5) is 37.7. The first-order valence-corrected chi connectivity index (χ1v) is 13.1. The Morgan fingerprint density at radius 1 is 0.650 bits per heavy atom. The molecular formula is C34H25NO5. The summed E-state index contributed by atoms with van der Waals surface area (Å²) in [6, 6.07) is 35.5. The lowest BCUT2D eigenvalue weighted by atomic mass is 9.91. The number of hydrogen-bond acceptors (Lipinski definition) is 5. The monoisotopic (exact) mass is 527 g/mol. The maximum atomic E-state index is 12.3. The summed E-state index contributed by atoms with van der Waals surface area (Å²) in [5, 5.41) is 10.4. The number of aliphatic carboxylic acids is 1. The van der Waals surface area contributed by atoms with Crippen LogP contribution in [0.25, 0.3) is 21.9 Å². The van der Waals surface area contributed by atoms with Crippen LogP contribution in [0.4, 0.5) is 17.1 Å². The zero-order valence-electron chi connectivity index (χ0n) is 21.5. The van der Waals surface area contributed by atoms with E-state index in [4.69, 9.17) is 9.84 Å². The number of benzene rings is 5. The molecule has 6 rings (SSSR count). The van der Waals surface area contributed by atoms with Crippen LogP contribution in [-0.2, 0) is 16.0 Å². The number of nitrogens with zero attached hydrogens (tertiary/aromatic N) is 1. The van der Waals surface area contributed by atoms with Crippen LogP contribution >= 0.6 is 0 Å². The molecular weight excluding hydrogens is 502 g/mol. The molecule has 0 aliphatic carbocycles. The Balaban J connectivity index is 1.36. The van der Waals surface area contributed by atoms with Gasteiger partial charge in [0.1, 0.15) is 0 Å². The van der Waals surface area contributed by atoms with E-state index in [-0.39, 0.29) is 6.42 Å². The molecule has 196 valence electrons. The molecule has 0 bridgehead atoms. The summed E-state index contributed by atoms with van der Waals surface area (Å²) in [6.45, 7) is 0. The van der Waals surface area contributed by atoms with E-state index in [1.54, 1.807) is 18.2 Å². The summed E-state index contributed by atoms with van der Waals surface area (Å²) >= 11 is 0. The van der Waals surface area contributed by atoms with Crippen molar-refractivity contribution in [2.75, 3.05) is 4.90 Å². The lowest BCUT2D eigenvalue weighted by molar-refractivity contribution is -0.137. The van der Waals surface area contributed by atoms with Crippen LogP contribution in [0, 0.1) is 0 Å². The van der Waals surface area contributed by atoms with Gasteiger partial charge in [0, 0.05) is 28.9 Å². The number of ether oxygens (including phenoxy) is 1. The quantitative estimate of drug-likeness (QED) is 0.164. The van der Waals surface area contributed by atoms with Crippen molar-refractivity contribution >= 4 is 45.7 Å². The van der Waals surface area contributed by atoms with Gasteiger partial charge in [-0.05, 0) is 83.4 Å². The number of carbonyl (C=O) groups excluding carboxylic acids is 2. The van der Waals surface area contributed by atoms with E-state index in [1.165, 1.54) is 0 Å². The van der Waals surface area contributed by atoms with Gasteiger partial charge in [-0.1, -0.05) is 60.7 Å². The molecule has 0 saturated carbocycles. The number of para-hydroxylation sites is 1. The number of anilines is 3. The molecule has 0 aromatic heterocycles.